The Morgan fingerprint density at radius 3 is 2.67 bits per heavy atom. The van der Waals surface area contributed by atoms with E-state index in [0.29, 0.717) is 37.3 Å². The van der Waals surface area contributed by atoms with Crippen LogP contribution in [0.4, 0.5) is 0 Å². The van der Waals surface area contributed by atoms with Gasteiger partial charge in [0.15, 0.2) is 0 Å². The predicted octanol–water partition coefficient (Wildman–Crippen LogP) is 2.24. The van der Waals surface area contributed by atoms with Crippen molar-refractivity contribution >= 4 is 5.91 Å². The molecule has 7 nitrogen and oxygen atoms in total. The lowest BCUT2D eigenvalue weighted by Crippen LogP contribution is -2.45. The molecule has 0 saturated carbocycles. The Bertz CT molecular complexity index is 966. The van der Waals surface area contributed by atoms with Gasteiger partial charge < -0.3 is 10.0 Å². The fourth-order valence-corrected chi connectivity index (χ4v) is 3.75. The van der Waals surface area contributed by atoms with E-state index in [1.54, 1.807) is 21.8 Å². The molecule has 1 amide bonds. The van der Waals surface area contributed by atoms with Crippen molar-refractivity contribution in [1.29, 1.82) is 0 Å². The van der Waals surface area contributed by atoms with Crippen LogP contribution >= 0.6 is 0 Å². The lowest BCUT2D eigenvalue weighted by molar-refractivity contribution is -0.0217. The number of piperidine rings is 1. The summed E-state index contributed by atoms with van der Waals surface area (Å²) in [5, 5.41) is 22.3. The maximum atomic E-state index is 12.8. The molecule has 2 aromatic heterocycles. The highest BCUT2D eigenvalue weighted by Gasteiger charge is 2.36. The van der Waals surface area contributed by atoms with Crippen molar-refractivity contribution in [3.8, 4) is 11.3 Å². The van der Waals surface area contributed by atoms with Crippen LogP contribution in [-0.2, 0) is 12.6 Å². The number of carbonyl (C=O) groups excluding carboxylic acids is 1. The average molecular weight is 365 g/mol. The molecule has 0 atom stereocenters. The number of likely N-dealkylation sites (tertiary alicyclic amines) is 1. The number of aromatic nitrogens is 4. The van der Waals surface area contributed by atoms with Gasteiger partial charge in [0.1, 0.15) is 5.69 Å². The van der Waals surface area contributed by atoms with Crippen molar-refractivity contribution in [2.24, 2.45) is 7.05 Å². The van der Waals surface area contributed by atoms with Crippen LogP contribution in [0, 0.1) is 6.92 Å². The summed E-state index contributed by atoms with van der Waals surface area (Å²) < 4.78 is 1.70. The van der Waals surface area contributed by atoms with Crippen LogP contribution in [0.15, 0.2) is 42.7 Å². The lowest BCUT2D eigenvalue weighted by Gasteiger charge is -2.39. The number of nitrogens with zero attached hydrogens (tertiary/aromatic N) is 4. The third-order valence-electron chi connectivity index (χ3n) is 5.33. The maximum Gasteiger partial charge on any atom is 0.271 e. The molecule has 2 N–H and O–H groups in total. The lowest BCUT2D eigenvalue weighted by atomic mass is 9.82. The SMILES string of the molecule is Cc1ccccc1C1(O)CCN(C(=O)c2cc(-c3cnn(C)c3)n[nH]2)CC1. The zero-order valence-corrected chi connectivity index (χ0v) is 15.5. The van der Waals surface area contributed by atoms with Crippen molar-refractivity contribution in [1.82, 2.24) is 24.9 Å². The number of benzene rings is 1. The van der Waals surface area contributed by atoms with Crippen LogP contribution in [0.5, 0.6) is 0 Å². The summed E-state index contributed by atoms with van der Waals surface area (Å²) in [6, 6.07) is 9.65. The smallest absolute Gasteiger partial charge is 0.271 e. The monoisotopic (exact) mass is 365 g/mol. The molecule has 1 aliphatic rings. The topological polar surface area (TPSA) is 87.0 Å². The third-order valence-corrected chi connectivity index (χ3v) is 5.33. The van der Waals surface area contributed by atoms with E-state index in [-0.39, 0.29) is 5.91 Å². The second-order valence-corrected chi connectivity index (χ2v) is 7.21. The van der Waals surface area contributed by atoms with E-state index in [9.17, 15) is 9.90 Å². The number of aryl methyl sites for hydroxylation is 2. The number of hydrogen-bond acceptors (Lipinski definition) is 4. The predicted molar refractivity (Wildman–Crippen MR) is 101 cm³/mol. The number of H-pyrrole nitrogens is 1. The highest BCUT2D eigenvalue weighted by molar-refractivity contribution is 5.93. The Kier molecular flexibility index (Phi) is 4.31. The van der Waals surface area contributed by atoms with Crippen LogP contribution in [-0.4, -0.2) is 49.0 Å². The normalized spacial score (nSPS) is 16.5. The summed E-state index contributed by atoms with van der Waals surface area (Å²) in [6.45, 7) is 3.02. The summed E-state index contributed by atoms with van der Waals surface area (Å²) >= 11 is 0. The molecule has 0 spiro atoms. The van der Waals surface area contributed by atoms with Crippen molar-refractivity contribution in [3.05, 3.63) is 59.5 Å². The van der Waals surface area contributed by atoms with Crippen LogP contribution in [0.3, 0.4) is 0 Å². The molecule has 1 aliphatic heterocycles. The van der Waals surface area contributed by atoms with Gasteiger partial charge in [0.25, 0.3) is 5.91 Å². The zero-order chi connectivity index (χ0) is 19.0. The molecular weight excluding hydrogens is 342 g/mol. The molecular formula is C20H23N5O2. The van der Waals surface area contributed by atoms with Crippen LogP contribution < -0.4 is 0 Å². The van der Waals surface area contributed by atoms with Gasteiger partial charge in [-0.1, -0.05) is 24.3 Å². The molecule has 0 radical (unpaired) electrons. The Balaban J connectivity index is 1.46. The average Bonchev–Trinajstić information content (AvgIpc) is 3.31. The minimum Gasteiger partial charge on any atom is -0.385 e. The first-order valence-electron chi connectivity index (χ1n) is 9.08. The van der Waals surface area contributed by atoms with E-state index < -0.39 is 5.60 Å². The molecule has 140 valence electrons. The fourth-order valence-electron chi connectivity index (χ4n) is 3.75. The van der Waals surface area contributed by atoms with Gasteiger partial charge in [-0.2, -0.15) is 10.2 Å². The first kappa shape index (κ1) is 17.5. The molecule has 1 saturated heterocycles. The van der Waals surface area contributed by atoms with E-state index in [4.69, 9.17) is 0 Å². The second-order valence-electron chi connectivity index (χ2n) is 7.21. The minimum atomic E-state index is -0.878. The van der Waals surface area contributed by atoms with Crippen molar-refractivity contribution in [2.45, 2.75) is 25.4 Å². The first-order valence-corrected chi connectivity index (χ1v) is 9.08. The highest BCUT2D eigenvalue weighted by atomic mass is 16.3. The van der Waals surface area contributed by atoms with Gasteiger partial charge in [0.2, 0.25) is 0 Å². The number of amides is 1. The second kappa shape index (κ2) is 6.66. The van der Waals surface area contributed by atoms with Gasteiger partial charge in [0, 0.05) is 31.9 Å². The minimum absolute atomic E-state index is 0.0931. The van der Waals surface area contributed by atoms with Crippen molar-refractivity contribution in [2.75, 3.05) is 13.1 Å². The van der Waals surface area contributed by atoms with Crippen LogP contribution in [0.25, 0.3) is 11.3 Å². The first-order chi connectivity index (χ1) is 13.0. The summed E-state index contributed by atoms with van der Waals surface area (Å²) in [5.74, 6) is -0.0931. The summed E-state index contributed by atoms with van der Waals surface area (Å²) in [4.78, 5) is 14.6. The van der Waals surface area contributed by atoms with Gasteiger partial charge in [-0.15, -0.1) is 0 Å². The molecule has 3 aromatic rings. The molecule has 27 heavy (non-hydrogen) atoms. The van der Waals surface area contributed by atoms with Crippen molar-refractivity contribution < 1.29 is 9.90 Å². The molecule has 1 fully saturated rings. The number of rotatable bonds is 3. The van der Waals surface area contributed by atoms with Gasteiger partial charge in [0.05, 0.1) is 17.5 Å². The fraction of sp³-hybridized carbons (Fsp3) is 0.350. The summed E-state index contributed by atoms with van der Waals surface area (Å²) in [5.41, 5.74) is 3.17. The Morgan fingerprint density at radius 2 is 2.00 bits per heavy atom. The molecule has 0 bridgehead atoms. The van der Waals surface area contributed by atoms with E-state index in [1.807, 2.05) is 44.4 Å². The molecule has 1 aromatic carbocycles. The van der Waals surface area contributed by atoms with Crippen LogP contribution in [0.1, 0.15) is 34.5 Å². The zero-order valence-electron chi connectivity index (χ0n) is 15.5. The maximum absolute atomic E-state index is 12.8. The Labute approximate surface area is 157 Å². The summed E-state index contributed by atoms with van der Waals surface area (Å²) in [6.07, 6.45) is 4.61. The number of aliphatic hydroxyl groups is 1. The summed E-state index contributed by atoms with van der Waals surface area (Å²) in [7, 11) is 1.84. The van der Waals surface area contributed by atoms with Crippen molar-refractivity contribution in [3.63, 3.8) is 0 Å². The van der Waals surface area contributed by atoms with E-state index in [2.05, 4.69) is 15.3 Å². The van der Waals surface area contributed by atoms with Gasteiger partial charge in [-0.25, -0.2) is 0 Å². The number of nitrogens with one attached hydrogen (secondary N) is 1. The van der Waals surface area contributed by atoms with Crippen LogP contribution in [0.2, 0.25) is 0 Å². The largest absolute Gasteiger partial charge is 0.385 e. The standard InChI is InChI=1S/C20H23N5O2/c1-14-5-3-4-6-16(14)20(27)7-9-25(10-8-20)19(26)18-11-17(22-23-18)15-12-21-24(2)13-15/h3-6,11-13,27H,7-10H2,1-2H3,(H,22,23). The molecule has 0 unspecified atom stereocenters. The van der Waals surface area contributed by atoms with Gasteiger partial charge in [-0.3, -0.25) is 14.6 Å². The molecule has 3 heterocycles. The quantitative estimate of drug-likeness (QED) is 0.745. The molecule has 0 aliphatic carbocycles. The third kappa shape index (κ3) is 3.26. The Morgan fingerprint density at radius 1 is 1.26 bits per heavy atom. The highest BCUT2D eigenvalue weighted by Crippen LogP contribution is 2.35. The van der Waals surface area contributed by atoms with Gasteiger partial charge >= 0.3 is 0 Å². The number of hydrogen-bond donors (Lipinski definition) is 2. The molecule has 4 rings (SSSR count). The van der Waals surface area contributed by atoms with E-state index in [0.717, 1.165) is 16.7 Å². The Hall–Kier alpha value is -2.93. The van der Waals surface area contributed by atoms with E-state index in [1.165, 1.54) is 0 Å². The van der Waals surface area contributed by atoms with E-state index >= 15 is 0 Å². The number of carbonyl (C=O) groups is 1. The molecule has 7 heteroatoms. The van der Waals surface area contributed by atoms with Gasteiger partial charge in [-0.05, 0) is 37.0 Å². The number of aromatic amines is 1.